The molecule has 1 aromatic rings. The van der Waals surface area contributed by atoms with Crippen molar-refractivity contribution >= 4 is 17.8 Å². The standard InChI is InChI=1S/C23H30N2O4/c1-29-22(28)19-4-2-15(3-5-19)13-24-21(27)14-25-20(26)12-23-9-16-6-17(10-23)8-18(7-16)11-23/h2-5,16-18H,6-14H2,1H3,(H,24,27)(H,25,26). The van der Waals surface area contributed by atoms with Crippen LogP contribution >= 0.6 is 0 Å². The Labute approximate surface area is 171 Å². The van der Waals surface area contributed by atoms with Crippen molar-refractivity contribution in [3.05, 3.63) is 35.4 Å². The van der Waals surface area contributed by atoms with Crippen molar-refractivity contribution in [2.75, 3.05) is 13.7 Å². The summed E-state index contributed by atoms with van der Waals surface area (Å²) in [6.07, 6.45) is 8.25. The SMILES string of the molecule is COC(=O)c1ccc(CNC(=O)CNC(=O)CC23CC4CC(CC(C4)C2)C3)cc1. The van der Waals surface area contributed by atoms with E-state index in [4.69, 9.17) is 0 Å². The van der Waals surface area contributed by atoms with E-state index >= 15 is 0 Å². The first-order chi connectivity index (χ1) is 13.9. The quantitative estimate of drug-likeness (QED) is 0.692. The Morgan fingerprint density at radius 1 is 0.931 bits per heavy atom. The van der Waals surface area contributed by atoms with Gasteiger partial charge in [0, 0.05) is 13.0 Å². The normalized spacial score (nSPS) is 29.3. The van der Waals surface area contributed by atoms with E-state index in [9.17, 15) is 14.4 Å². The molecule has 0 aliphatic heterocycles. The van der Waals surface area contributed by atoms with Crippen LogP contribution in [0.3, 0.4) is 0 Å². The topological polar surface area (TPSA) is 84.5 Å². The van der Waals surface area contributed by atoms with Gasteiger partial charge in [-0.2, -0.15) is 0 Å². The summed E-state index contributed by atoms with van der Waals surface area (Å²) in [6.45, 7) is 0.358. The van der Waals surface area contributed by atoms with E-state index in [2.05, 4.69) is 15.4 Å². The highest BCUT2D eigenvalue weighted by Crippen LogP contribution is 2.61. The van der Waals surface area contributed by atoms with Gasteiger partial charge < -0.3 is 15.4 Å². The first-order valence-electron chi connectivity index (χ1n) is 10.7. The van der Waals surface area contributed by atoms with Gasteiger partial charge in [0.15, 0.2) is 0 Å². The van der Waals surface area contributed by atoms with E-state index in [-0.39, 0.29) is 29.7 Å². The van der Waals surface area contributed by atoms with Crippen molar-refractivity contribution in [2.45, 2.75) is 51.5 Å². The summed E-state index contributed by atoms with van der Waals surface area (Å²) in [5.74, 6) is 1.88. The molecule has 0 heterocycles. The minimum absolute atomic E-state index is 0.00420. The highest BCUT2D eigenvalue weighted by atomic mass is 16.5. The van der Waals surface area contributed by atoms with Crippen molar-refractivity contribution < 1.29 is 19.1 Å². The summed E-state index contributed by atoms with van der Waals surface area (Å²) in [4.78, 5) is 36.0. The van der Waals surface area contributed by atoms with Gasteiger partial charge in [0.05, 0.1) is 19.2 Å². The number of rotatable bonds is 7. The molecule has 4 bridgehead atoms. The Bertz CT molecular complexity index is 751. The predicted molar refractivity (Wildman–Crippen MR) is 108 cm³/mol. The number of nitrogens with one attached hydrogen (secondary N) is 2. The summed E-state index contributed by atoms with van der Waals surface area (Å²) in [5.41, 5.74) is 1.54. The van der Waals surface area contributed by atoms with Gasteiger partial charge in [-0.25, -0.2) is 4.79 Å². The molecule has 0 saturated heterocycles. The molecule has 29 heavy (non-hydrogen) atoms. The molecule has 4 aliphatic rings. The second kappa shape index (κ2) is 8.17. The Hall–Kier alpha value is -2.37. The number of ether oxygens (including phenoxy) is 1. The van der Waals surface area contributed by atoms with Crippen LogP contribution in [0, 0.1) is 23.2 Å². The van der Waals surface area contributed by atoms with Crippen LogP contribution in [0.5, 0.6) is 0 Å². The van der Waals surface area contributed by atoms with E-state index in [1.807, 2.05) is 0 Å². The molecule has 4 saturated carbocycles. The fourth-order valence-electron chi connectivity index (χ4n) is 6.23. The average molecular weight is 399 g/mol. The Morgan fingerprint density at radius 3 is 2.07 bits per heavy atom. The fraction of sp³-hybridized carbons (Fsp3) is 0.609. The van der Waals surface area contributed by atoms with Gasteiger partial charge in [0.25, 0.3) is 0 Å². The maximum absolute atomic E-state index is 12.5. The summed E-state index contributed by atoms with van der Waals surface area (Å²) in [7, 11) is 1.34. The Kier molecular flexibility index (Phi) is 5.61. The molecule has 5 rings (SSSR count). The molecule has 6 heteroatoms. The first-order valence-corrected chi connectivity index (χ1v) is 10.7. The second-order valence-corrected chi connectivity index (χ2v) is 9.34. The van der Waals surface area contributed by atoms with E-state index in [1.165, 1.54) is 45.6 Å². The zero-order valence-electron chi connectivity index (χ0n) is 17.0. The highest BCUT2D eigenvalue weighted by molar-refractivity contribution is 5.89. The van der Waals surface area contributed by atoms with Crippen LogP contribution in [0.2, 0.25) is 0 Å². The Morgan fingerprint density at radius 2 is 1.52 bits per heavy atom. The fourth-order valence-corrected chi connectivity index (χ4v) is 6.23. The maximum atomic E-state index is 12.5. The van der Waals surface area contributed by atoms with E-state index in [0.29, 0.717) is 18.5 Å². The predicted octanol–water partition coefficient (Wildman–Crippen LogP) is 2.81. The van der Waals surface area contributed by atoms with Gasteiger partial charge in [-0.05, 0) is 79.4 Å². The second-order valence-electron chi connectivity index (χ2n) is 9.34. The number of hydrogen-bond acceptors (Lipinski definition) is 4. The number of methoxy groups -OCH3 is 1. The van der Waals surface area contributed by atoms with E-state index in [0.717, 1.165) is 23.3 Å². The molecule has 0 aromatic heterocycles. The van der Waals surface area contributed by atoms with Gasteiger partial charge in [-0.15, -0.1) is 0 Å². The summed E-state index contributed by atoms with van der Waals surface area (Å²) < 4.78 is 4.67. The Balaban J connectivity index is 1.20. The van der Waals surface area contributed by atoms with Crippen molar-refractivity contribution in [3.8, 4) is 0 Å². The van der Waals surface area contributed by atoms with Crippen LogP contribution in [-0.4, -0.2) is 31.4 Å². The van der Waals surface area contributed by atoms with Crippen molar-refractivity contribution in [1.82, 2.24) is 10.6 Å². The first kappa shape index (κ1) is 19.9. The molecule has 0 atom stereocenters. The lowest BCUT2D eigenvalue weighted by Gasteiger charge is -2.56. The molecule has 2 N–H and O–H groups in total. The third-order valence-electron chi connectivity index (χ3n) is 7.01. The molecule has 0 unspecified atom stereocenters. The molecular formula is C23H30N2O4. The molecule has 156 valence electrons. The smallest absolute Gasteiger partial charge is 0.337 e. The van der Waals surface area contributed by atoms with Crippen LogP contribution in [0.15, 0.2) is 24.3 Å². The molecule has 4 fully saturated rings. The lowest BCUT2D eigenvalue weighted by molar-refractivity contribution is -0.131. The molecule has 0 radical (unpaired) electrons. The van der Waals surface area contributed by atoms with E-state index in [1.54, 1.807) is 24.3 Å². The van der Waals surface area contributed by atoms with Crippen molar-refractivity contribution in [3.63, 3.8) is 0 Å². The minimum atomic E-state index is -0.387. The summed E-state index contributed by atoms with van der Waals surface area (Å²) in [6, 6.07) is 6.89. The van der Waals surface area contributed by atoms with Crippen molar-refractivity contribution in [2.24, 2.45) is 23.2 Å². The van der Waals surface area contributed by atoms with Crippen LogP contribution < -0.4 is 10.6 Å². The zero-order chi connectivity index (χ0) is 20.4. The van der Waals surface area contributed by atoms with Gasteiger partial charge in [0.1, 0.15) is 0 Å². The number of hydrogen-bond donors (Lipinski definition) is 2. The largest absolute Gasteiger partial charge is 0.465 e. The van der Waals surface area contributed by atoms with Gasteiger partial charge in [-0.3, -0.25) is 9.59 Å². The van der Waals surface area contributed by atoms with Crippen LogP contribution in [0.1, 0.15) is 60.9 Å². The maximum Gasteiger partial charge on any atom is 0.337 e. The zero-order valence-corrected chi connectivity index (χ0v) is 17.0. The number of benzene rings is 1. The molecule has 6 nitrogen and oxygen atoms in total. The lowest BCUT2D eigenvalue weighted by Crippen LogP contribution is -2.48. The molecule has 2 amide bonds. The molecule has 4 aliphatic carbocycles. The van der Waals surface area contributed by atoms with Crippen LogP contribution in [-0.2, 0) is 20.9 Å². The summed E-state index contributed by atoms with van der Waals surface area (Å²) >= 11 is 0. The van der Waals surface area contributed by atoms with E-state index < -0.39 is 0 Å². The lowest BCUT2D eigenvalue weighted by atomic mass is 9.49. The van der Waals surface area contributed by atoms with Crippen LogP contribution in [0.25, 0.3) is 0 Å². The molecule has 1 aromatic carbocycles. The summed E-state index contributed by atoms with van der Waals surface area (Å²) in [5, 5.41) is 5.62. The highest BCUT2D eigenvalue weighted by Gasteiger charge is 2.51. The minimum Gasteiger partial charge on any atom is -0.465 e. The van der Waals surface area contributed by atoms with Crippen molar-refractivity contribution in [1.29, 1.82) is 0 Å². The van der Waals surface area contributed by atoms with Gasteiger partial charge in [-0.1, -0.05) is 12.1 Å². The number of carbonyl (C=O) groups excluding carboxylic acids is 3. The average Bonchev–Trinajstić information content (AvgIpc) is 2.69. The molecular weight excluding hydrogens is 368 g/mol. The monoisotopic (exact) mass is 398 g/mol. The van der Waals surface area contributed by atoms with Crippen LogP contribution in [0.4, 0.5) is 0 Å². The number of amides is 2. The van der Waals surface area contributed by atoms with Gasteiger partial charge in [0.2, 0.25) is 11.8 Å². The third kappa shape index (κ3) is 4.62. The molecule has 0 spiro atoms. The number of esters is 1. The third-order valence-corrected chi connectivity index (χ3v) is 7.01. The van der Waals surface area contributed by atoms with Gasteiger partial charge >= 0.3 is 5.97 Å². The number of carbonyl (C=O) groups is 3.